The number of aliphatic carboxylic acids is 1. The highest BCUT2D eigenvalue weighted by Crippen LogP contribution is 2.35. The maximum Gasteiger partial charge on any atom is 0.346 e. The van der Waals surface area contributed by atoms with E-state index in [0.29, 0.717) is 4.88 Å². The SMILES string of the molecule is C/C=C\C=C(/S)C(O)(C(=O)O)c1cccs1. The monoisotopic (exact) mass is 256 g/mol. The first-order valence-corrected chi connectivity index (χ1v) is 5.88. The summed E-state index contributed by atoms with van der Waals surface area (Å²) in [5.74, 6) is -1.33. The van der Waals surface area contributed by atoms with Gasteiger partial charge >= 0.3 is 5.97 Å². The van der Waals surface area contributed by atoms with Crippen LogP contribution in [-0.4, -0.2) is 16.2 Å². The fourth-order valence-corrected chi connectivity index (χ4v) is 2.34. The van der Waals surface area contributed by atoms with Gasteiger partial charge in [-0.3, -0.25) is 0 Å². The lowest BCUT2D eigenvalue weighted by molar-refractivity contribution is -0.154. The molecule has 0 saturated heterocycles. The van der Waals surface area contributed by atoms with Gasteiger partial charge in [0, 0.05) is 4.91 Å². The molecular formula is C11H12O3S2. The summed E-state index contributed by atoms with van der Waals surface area (Å²) in [6, 6.07) is 3.25. The van der Waals surface area contributed by atoms with E-state index < -0.39 is 11.6 Å². The zero-order valence-corrected chi connectivity index (χ0v) is 10.3. The molecule has 0 aliphatic rings. The van der Waals surface area contributed by atoms with E-state index in [1.165, 1.54) is 17.4 Å². The third-order valence-corrected chi connectivity index (χ3v) is 3.46. The van der Waals surface area contributed by atoms with E-state index in [1.807, 2.05) is 0 Å². The molecule has 0 saturated carbocycles. The van der Waals surface area contributed by atoms with Crippen LogP contribution in [0.4, 0.5) is 0 Å². The lowest BCUT2D eigenvalue weighted by Gasteiger charge is -2.21. The predicted octanol–water partition coefficient (Wildman–Crippen LogP) is 2.41. The molecule has 1 atom stereocenters. The van der Waals surface area contributed by atoms with Crippen LogP contribution in [0.25, 0.3) is 0 Å². The van der Waals surface area contributed by atoms with E-state index in [1.54, 1.807) is 36.6 Å². The fraction of sp³-hybridized carbons (Fsp3) is 0.182. The standard InChI is InChI=1S/C11H12O3S2/c1-2-3-5-8(15)11(14,10(12)13)9-6-4-7-16-9/h2-7,14-15H,1H3,(H,12,13)/b3-2-,8-5-. The number of hydrogen-bond acceptors (Lipinski definition) is 4. The molecule has 1 rings (SSSR count). The Balaban J connectivity index is 3.22. The van der Waals surface area contributed by atoms with Crippen molar-refractivity contribution in [1.29, 1.82) is 0 Å². The molecule has 1 aromatic heterocycles. The van der Waals surface area contributed by atoms with Crippen molar-refractivity contribution in [1.82, 2.24) is 0 Å². The summed E-state index contributed by atoms with van der Waals surface area (Å²) in [6.45, 7) is 1.79. The van der Waals surface area contributed by atoms with Crippen molar-refractivity contribution >= 4 is 29.9 Å². The molecule has 0 aromatic carbocycles. The molecule has 0 radical (unpaired) electrons. The molecule has 16 heavy (non-hydrogen) atoms. The second-order valence-corrected chi connectivity index (χ2v) is 4.50. The van der Waals surface area contributed by atoms with Crippen molar-refractivity contribution in [2.24, 2.45) is 0 Å². The minimum Gasteiger partial charge on any atom is -0.479 e. The molecule has 1 unspecified atom stereocenters. The minimum absolute atomic E-state index is 0.0838. The van der Waals surface area contributed by atoms with Gasteiger partial charge in [-0.2, -0.15) is 0 Å². The zero-order valence-electron chi connectivity index (χ0n) is 8.62. The number of carbonyl (C=O) groups is 1. The summed E-state index contributed by atoms with van der Waals surface area (Å²) in [5, 5.41) is 21.0. The Morgan fingerprint density at radius 2 is 2.31 bits per heavy atom. The van der Waals surface area contributed by atoms with Gasteiger partial charge in [-0.25, -0.2) is 4.79 Å². The lowest BCUT2D eigenvalue weighted by Crippen LogP contribution is -2.35. The Morgan fingerprint density at radius 1 is 1.62 bits per heavy atom. The van der Waals surface area contributed by atoms with Crippen LogP contribution in [0.15, 0.2) is 40.6 Å². The topological polar surface area (TPSA) is 57.5 Å². The van der Waals surface area contributed by atoms with Gasteiger partial charge in [-0.05, 0) is 24.4 Å². The van der Waals surface area contributed by atoms with Crippen molar-refractivity contribution in [2.75, 3.05) is 0 Å². The maximum absolute atomic E-state index is 11.2. The summed E-state index contributed by atoms with van der Waals surface area (Å²) in [5.41, 5.74) is -2.06. The average molecular weight is 256 g/mol. The van der Waals surface area contributed by atoms with Gasteiger partial charge < -0.3 is 10.2 Å². The number of thiophene rings is 1. The first-order valence-electron chi connectivity index (χ1n) is 4.55. The third-order valence-electron chi connectivity index (χ3n) is 2.00. The minimum atomic E-state index is -2.06. The number of rotatable bonds is 4. The Labute approximate surface area is 103 Å². The number of hydrogen-bond donors (Lipinski definition) is 3. The smallest absolute Gasteiger partial charge is 0.346 e. The molecule has 86 valence electrons. The number of carboxylic acid groups (broad SMARTS) is 1. The third kappa shape index (κ3) is 2.37. The van der Waals surface area contributed by atoms with Gasteiger partial charge in [0.15, 0.2) is 0 Å². The Hall–Kier alpha value is -1.04. The molecule has 3 nitrogen and oxygen atoms in total. The van der Waals surface area contributed by atoms with Crippen molar-refractivity contribution in [3.8, 4) is 0 Å². The number of aliphatic hydroxyl groups is 1. The predicted molar refractivity (Wildman–Crippen MR) is 67.7 cm³/mol. The van der Waals surface area contributed by atoms with Crippen LogP contribution in [0.5, 0.6) is 0 Å². The lowest BCUT2D eigenvalue weighted by atomic mass is 10.0. The number of allylic oxidation sites excluding steroid dienone is 3. The van der Waals surface area contributed by atoms with Crippen LogP contribution in [0.2, 0.25) is 0 Å². The summed E-state index contributed by atoms with van der Waals surface area (Å²) in [4.78, 5) is 11.6. The van der Waals surface area contributed by atoms with Crippen molar-refractivity contribution in [3.63, 3.8) is 0 Å². The van der Waals surface area contributed by atoms with E-state index in [4.69, 9.17) is 5.11 Å². The summed E-state index contributed by atoms with van der Waals surface area (Å²) in [7, 11) is 0. The number of thiol groups is 1. The average Bonchev–Trinajstić information content (AvgIpc) is 2.77. The second-order valence-electron chi connectivity index (χ2n) is 3.07. The summed E-state index contributed by atoms with van der Waals surface area (Å²) in [6.07, 6.45) is 4.83. The molecule has 2 N–H and O–H groups in total. The number of carboxylic acids is 1. The molecule has 5 heteroatoms. The quantitative estimate of drug-likeness (QED) is 0.573. The van der Waals surface area contributed by atoms with E-state index in [0.717, 1.165) is 0 Å². The van der Waals surface area contributed by atoms with Crippen LogP contribution >= 0.6 is 24.0 Å². The van der Waals surface area contributed by atoms with Crippen LogP contribution < -0.4 is 0 Å². The van der Waals surface area contributed by atoms with Gasteiger partial charge in [0.25, 0.3) is 0 Å². The van der Waals surface area contributed by atoms with Gasteiger partial charge in [0.05, 0.1) is 4.88 Å². The molecule has 0 aliphatic carbocycles. The van der Waals surface area contributed by atoms with E-state index in [2.05, 4.69) is 12.6 Å². The first kappa shape index (κ1) is 13.0. The molecular weight excluding hydrogens is 244 g/mol. The Morgan fingerprint density at radius 3 is 2.75 bits per heavy atom. The van der Waals surface area contributed by atoms with Gasteiger partial charge in [0.2, 0.25) is 5.60 Å². The maximum atomic E-state index is 11.2. The van der Waals surface area contributed by atoms with Crippen LogP contribution in [0, 0.1) is 0 Å². The molecule has 0 bridgehead atoms. The van der Waals surface area contributed by atoms with Crippen LogP contribution in [0.3, 0.4) is 0 Å². The normalized spacial score (nSPS) is 16.3. The first-order chi connectivity index (χ1) is 7.53. The Bertz CT molecular complexity index is 420. The van der Waals surface area contributed by atoms with Crippen LogP contribution in [0.1, 0.15) is 11.8 Å². The van der Waals surface area contributed by atoms with Crippen LogP contribution in [-0.2, 0) is 10.4 Å². The fourth-order valence-electron chi connectivity index (χ4n) is 1.13. The van der Waals surface area contributed by atoms with Crippen molar-refractivity contribution in [2.45, 2.75) is 12.5 Å². The zero-order chi connectivity index (χ0) is 12.2. The highest BCUT2D eigenvalue weighted by atomic mass is 32.1. The molecule has 0 aliphatic heterocycles. The highest BCUT2D eigenvalue weighted by Gasteiger charge is 2.41. The highest BCUT2D eigenvalue weighted by molar-refractivity contribution is 7.84. The van der Waals surface area contributed by atoms with E-state index in [-0.39, 0.29) is 4.91 Å². The summed E-state index contributed by atoms with van der Waals surface area (Å²) < 4.78 is 0. The molecule has 0 spiro atoms. The van der Waals surface area contributed by atoms with Crippen molar-refractivity contribution in [3.05, 3.63) is 45.5 Å². The Kier molecular flexibility index (Phi) is 4.35. The van der Waals surface area contributed by atoms with E-state index >= 15 is 0 Å². The van der Waals surface area contributed by atoms with Crippen molar-refractivity contribution < 1.29 is 15.0 Å². The second kappa shape index (κ2) is 5.34. The van der Waals surface area contributed by atoms with E-state index in [9.17, 15) is 9.90 Å². The molecule has 0 amide bonds. The molecule has 1 heterocycles. The molecule has 1 aromatic rings. The largest absolute Gasteiger partial charge is 0.479 e. The molecule has 0 fully saturated rings. The van der Waals surface area contributed by atoms with Gasteiger partial charge in [-0.1, -0.05) is 18.2 Å². The van der Waals surface area contributed by atoms with Gasteiger partial charge in [-0.15, -0.1) is 24.0 Å². The van der Waals surface area contributed by atoms with Gasteiger partial charge in [0.1, 0.15) is 0 Å². The summed E-state index contributed by atoms with van der Waals surface area (Å²) >= 11 is 5.23.